The van der Waals surface area contributed by atoms with E-state index in [-0.39, 0.29) is 21.4 Å². The Labute approximate surface area is 182 Å². The molecule has 3 rings (SSSR count). The van der Waals surface area contributed by atoms with Gasteiger partial charge in [0, 0.05) is 30.4 Å². The van der Waals surface area contributed by atoms with E-state index in [1.165, 1.54) is 31.0 Å². The molecule has 30 heavy (non-hydrogen) atoms. The van der Waals surface area contributed by atoms with Gasteiger partial charge in [0.05, 0.1) is 11.6 Å². The standard InChI is InChI=1S/C21H26ClN3O4S/c1-3-29-18-9-5-16(6-10-18)24-30(27,28)20-14-15(4-11-19(20)22)21(26)23-12-13-25(2)17-7-8-17/h4-6,9-11,14,17,24H,3,7-8,12-13H2,1-2H3,(H,23,26). The number of likely N-dealkylation sites (N-methyl/N-ethyl adjacent to an activating group) is 1. The molecule has 2 N–H and O–H groups in total. The molecule has 0 atom stereocenters. The first-order chi connectivity index (χ1) is 14.3. The second kappa shape index (κ2) is 9.68. The minimum Gasteiger partial charge on any atom is -0.494 e. The zero-order valence-electron chi connectivity index (χ0n) is 17.0. The second-order valence-corrected chi connectivity index (χ2v) is 9.23. The van der Waals surface area contributed by atoms with Crippen molar-refractivity contribution in [3.63, 3.8) is 0 Å². The average molecular weight is 452 g/mol. The minimum absolute atomic E-state index is 0.0402. The predicted octanol–water partition coefficient (Wildman–Crippen LogP) is 3.36. The van der Waals surface area contributed by atoms with Gasteiger partial charge in [-0.25, -0.2) is 8.42 Å². The first-order valence-corrected chi connectivity index (χ1v) is 11.7. The normalized spacial score (nSPS) is 13.9. The van der Waals surface area contributed by atoms with Gasteiger partial charge in [0.25, 0.3) is 15.9 Å². The molecule has 1 aliphatic rings. The van der Waals surface area contributed by atoms with Crippen molar-refractivity contribution in [2.75, 3.05) is 31.5 Å². The topological polar surface area (TPSA) is 87.7 Å². The molecule has 0 spiro atoms. The van der Waals surface area contributed by atoms with Crippen LogP contribution in [0, 0.1) is 0 Å². The van der Waals surface area contributed by atoms with E-state index in [9.17, 15) is 13.2 Å². The first kappa shape index (κ1) is 22.4. The Kier molecular flexibility index (Phi) is 7.23. The van der Waals surface area contributed by atoms with Crippen molar-refractivity contribution in [3.05, 3.63) is 53.1 Å². The number of carbonyl (C=O) groups is 1. The quantitative estimate of drug-likeness (QED) is 0.578. The van der Waals surface area contributed by atoms with Gasteiger partial charge in [0.15, 0.2) is 0 Å². The largest absolute Gasteiger partial charge is 0.494 e. The number of rotatable bonds is 10. The maximum Gasteiger partial charge on any atom is 0.263 e. The highest BCUT2D eigenvalue weighted by atomic mass is 35.5. The van der Waals surface area contributed by atoms with Gasteiger partial charge in [-0.3, -0.25) is 9.52 Å². The molecular formula is C21H26ClN3O4S. The van der Waals surface area contributed by atoms with E-state index in [1.54, 1.807) is 24.3 Å². The minimum atomic E-state index is -3.97. The van der Waals surface area contributed by atoms with Crippen LogP contribution in [0.2, 0.25) is 5.02 Å². The van der Waals surface area contributed by atoms with Crippen molar-refractivity contribution in [1.82, 2.24) is 10.2 Å². The number of hydrogen-bond acceptors (Lipinski definition) is 5. The number of anilines is 1. The fourth-order valence-corrected chi connectivity index (χ4v) is 4.58. The van der Waals surface area contributed by atoms with E-state index < -0.39 is 10.0 Å². The van der Waals surface area contributed by atoms with Gasteiger partial charge in [-0.15, -0.1) is 0 Å². The number of amides is 1. The molecular weight excluding hydrogens is 426 g/mol. The van der Waals surface area contributed by atoms with Crippen LogP contribution < -0.4 is 14.8 Å². The molecule has 162 valence electrons. The van der Waals surface area contributed by atoms with Crippen LogP contribution in [-0.2, 0) is 10.0 Å². The summed E-state index contributed by atoms with van der Waals surface area (Å²) in [5.41, 5.74) is 0.605. The third kappa shape index (κ3) is 5.87. The Morgan fingerprint density at radius 3 is 2.53 bits per heavy atom. The Balaban J connectivity index is 1.68. The van der Waals surface area contributed by atoms with Crippen LogP contribution in [0.25, 0.3) is 0 Å². The van der Waals surface area contributed by atoms with Gasteiger partial charge < -0.3 is 15.0 Å². The lowest BCUT2D eigenvalue weighted by Crippen LogP contribution is -2.34. The highest BCUT2D eigenvalue weighted by Gasteiger charge is 2.25. The zero-order valence-corrected chi connectivity index (χ0v) is 18.6. The van der Waals surface area contributed by atoms with Crippen LogP contribution in [0.1, 0.15) is 30.1 Å². The molecule has 0 heterocycles. The molecule has 0 bridgehead atoms. The Hall–Kier alpha value is -2.29. The van der Waals surface area contributed by atoms with Crippen LogP contribution in [0.15, 0.2) is 47.4 Å². The Bertz CT molecular complexity index is 992. The molecule has 1 fully saturated rings. The summed E-state index contributed by atoms with van der Waals surface area (Å²) in [4.78, 5) is 14.5. The van der Waals surface area contributed by atoms with E-state index in [0.717, 1.165) is 6.54 Å². The van der Waals surface area contributed by atoms with Crippen molar-refractivity contribution in [3.8, 4) is 5.75 Å². The van der Waals surface area contributed by atoms with Crippen LogP contribution in [0.4, 0.5) is 5.69 Å². The maximum absolute atomic E-state index is 12.8. The SMILES string of the molecule is CCOc1ccc(NS(=O)(=O)c2cc(C(=O)NCCN(C)C3CC3)ccc2Cl)cc1. The number of nitrogens with one attached hydrogen (secondary N) is 2. The van der Waals surface area contributed by atoms with Gasteiger partial charge in [0.2, 0.25) is 0 Å². The summed E-state index contributed by atoms with van der Waals surface area (Å²) in [6, 6.07) is 11.4. The molecule has 0 unspecified atom stereocenters. The van der Waals surface area contributed by atoms with E-state index in [0.29, 0.717) is 30.6 Å². The highest BCUT2D eigenvalue weighted by molar-refractivity contribution is 7.92. The lowest BCUT2D eigenvalue weighted by molar-refractivity contribution is 0.0949. The highest BCUT2D eigenvalue weighted by Crippen LogP contribution is 2.26. The molecule has 0 aromatic heterocycles. The average Bonchev–Trinajstić information content (AvgIpc) is 3.55. The van der Waals surface area contributed by atoms with Crippen molar-refractivity contribution >= 4 is 33.2 Å². The van der Waals surface area contributed by atoms with E-state index in [4.69, 9.17) is 16.3 Å². The third-order valence-electron chi connectivity index (χ3n) is 4.82. The maximum atomic E-state index is 12.8. The first-order valence-electron chi connectivity index (χ1n) is 9.84. The number of benzene rings is 2. The van der Waals surface area contributed by atoms with Gasteiger partial charge >= 0.3 is 0 Å². The number of sulfonamides is 1. The summed E-state index contributed by atoms with van der Waals surface area (Å²) in [5, 5.41) is 2.87. The number of carbonyl (C=O) groups excluding carboxylic acids is 1. The van der Waals surface area contributed by atoms with Crippen LogP contribution in [-0.4, -0.2) is 52.0 Å². The lowest BCUT2D eigenvalue weighted by Gasteiger charge is -2.16. The Morgan fingerprint density at radius 1 is 1.20 bits per heavy atom. The van der Waals surface area contributed by atoms with E-state index in [1.807, 2.05) is 14.0 Å². The summed E-state index contributed by atoms with van der Waals surface area (Å²) in [5.74, 6) is 0.304. The summed E-state index contributed by atoms with van der Waals surface area (Å²) in [6.45, 7) is 3.62. The second-order valence-electron chi connectivity index (χ2n) is 7.18. The zero-order chi connectivity index (χ0) is 21.7. The smallest absolute Gasteiger partial charge is 0.263 e. The van der Waals surface area contributed by atoms with Crippen molar-refractivity contribution in [2.45, 2.75) is 30.7 Å². The molecule has 2 aromatic rings. The van der Waals surface area contributed by atoms with E-state index >= 15 is 0 Å². The van der Waals surface area contributed by atoms with Gasteiger partial charge in [-0.05, 0) is 69.3 Å². The van der Waals surface area contributed by atoms with E-state index in [2.05, 4.69) is 14.9 Å². The molecule has 0 radical (unpaired) electrons. The van der Waals surface area contributed by atoms with Crippen molar-refractivity contribution in [1.29, 1.82) is 0 Å². The molecule has 9 heteroatoms. The van der Waals surface area contributed by atoms with Crippen LogP contribution >= 0.6 is 11.6 Å². The molecule has 2 aromatic carbocycles. The van der Waals surface area contributed by atoms with Gasteiger partial charge in [0.1, 0.15) is 10.6 Å². The molecule has 1 amide bonds. The lowest BCUT2D eigenvalue weighted by atomic mass is 10.2. The number of ether oxygens (including phenoxy) is 1. The number of halogens is 1. The molecule has 0 aliphatic heterocycles. The Morgan fingerprint density at radius 2 is 1.90 bits per heavy atom. The van der Waals surface area contributed by atoms with Crippen molar-refractivity contribution in [2.24, 2.45) is 0 Å². The fourth-order valence-electron chi connectivity index (χ4n) is 2.99. The molecule has 7 nitrogen and oxygen atoms in total. The summed E-state index contributed by atoms with van der Waals surface area (Å²) < 4.78 is 33.5. The number of hydrogen-bond donors (Lipinski definition) is 2. The van der Waals surface area contributed by atoms with Crippen LogP contribution in [0.5, 0.6) is 5.75 Å². The molecule has 1 saturated carbocycles. The van der Waals surface area contributed by atoms with Gasteiger partial charge in [-0.2, -0.15) is 0 Å². The summed E-state index contributed by atoms with van der Waals surface area (Å²) in [6.07, 6.45) is 2.40. The summed E-state index contributed by atoms with van der Waals surface area (Å²) >= 11 is 6.13. The summed E-state index contributed by atoms with van der Waals surface area (Å²) in [7, 11) is -1.94. The molecule has 1 aliphatic carbocycles. The van der Waals surface area contributed by atoms with Crippen LogP contribution in [0.3, 0.4) is 0 Å². The predicted molar refractivity (Wildman–Crippen MR) is 118 cm³/mol. The van der Waals surface area contributed by atoms with Crippen molar-refractivity contribution < 1.29 is 17.9 Å². The monoisotopic (exact) mass is 451 g/mol. The fraction of sp³-hybridized carbons (Fsp3) is 0.381. The third-order valence-corrected chi connectivity index (χ3v) is 6.68. The number of nitrogens with zero attached hydrogens (tertiary/aromatic N) is 1. The molecule has 0 saturated heterocycles. The van der Waals surface area contributed by atoms with Gasteiger partial charge in [-0.1, -0.05) is 11.6 Å².